The lowest BCUT2D eigenvalue weighted by Gasteiger charge is -2.36. The van der Waals surface area contributed by atoms with Crippen molar-refractivity contribution >= 4 is 10.0 Å². The molecule has 4 nitrogen and oxygen atoms in total. The van der Waals surface area contributed by atoms with Crippen molar-refractivity contribution in [2.45, 2.75) is 31.2 Å². The number of nitrogens with one attached hydrogen (secondary N) is 2. The second-order valence-corrected chi connectivity index (χ2v) is 7.08. The summed E-state index contributed by atoms with van der Waals surface area (Å²) in [7, 11) is -3.04. The van der Waals surface area contributed by atoms with Crippen LogP contribution in [0.3, 0.4) is 0 Å². The average molecular weight is 282 g/mol. The van der Waals surface area contributed by atoms with Gasteiger partial charge in [-0.05, 0) is 37.3 Å². The van der Waals surface area contributed by atoms with E-state index in [0.29, 0.717) is 18.5 Å². The van der Waals surface area contributed by atoms with E-state index in [1.165, 1.54) is 24.7 Å². The van der Waals surface area contributed by atoms with E-state index in [1.807, 2.05) is 6.07 Å². The molecule has 106 valence electrons. The highest BCUT2D eigenvalue weighted by Crippen LogP contribution is 2.36. The predicted octanol–water partition coefficient (Wildman–Crippen LogP) is 1.46. The SMILES string of the molecule is CS(=O)(=O)NCCCNC1CC(c2ccccc2)C1. The summed E-state index contributed by atoms with van der Waals surface area (Å²) in [4.78, 5) is 0. The van der Waals surface area contributed by atoms with Crippen LogP contribution in [-0.2, 0) is 10.0 Å². The zero-order chi connectivity index (χ0) is 13.7. The van der Waals surface area contributed by atoms with Gasteiger partial charge in [0.1, 0.15) is 0 Å². The molecule has 2 N–H and O–H groups in total. The maximum atomic E-state index is 10.9. The van der Waals surface area contributed by atoms with Crippen molar-refractivity contribution in [2.24, 2.45) is 0 Å². The smallest absolute Gasteiger partial charge is 0.208 e. The molecule has 0 saturated heterocycles. The average Bonchev–Trinajstić information content (AvgIpc) is 2.31. The molecular formula is C14H22N2O2S. The number of benzene rings is 1. The van der Waals surface area contributed by atoms with Crippen molar-refractivity contribution in [3.8, 4) is 0 Å². The Labute approximate surface area is 115 Å². The second kappa shape index (κ2) is 6.50. The summed E-state index contributed by atoms with van der Waals surface area (Å²) in [5.74, 6) is 0.688. The van der Waals surface area contributed by atoms with Crippen LogP contribution in [0, 0.1) is 0 Å². The molecule has 19 heavy (non-hydrogen) atoms. The third-order valence-electron chi connectivity index (χ3n) is 3.56. The lowest BCUT2D eigenvalue weighted by molar-refractivity contribution is 0.291. The van der Waals surface area contributed by atoms with E-state index in [4.69, 9.17) is 0 Å². The molecule has 1 saturated carbocycles. The van der Waals surface area contributed by atoms with E-state index in [-0.39, 0.29) is 0 Å². The maximum Gasteiger partial charge on any atom is 0.208 e. The molecule has 2 rings (SSSR count). The molecule has 0 heterocycles. The van der Waals surface area contributed by atoms with Crippen LogP contribution in [0.2, 0.25) is 0 Å². The fourth-order valence-electron chi connectivity index (χ4n) is 2.43. The molecule has 5 heteroatoms. The first kappa shape index (κ1) is 14.5. The predicted molar refractivity (Wildman–Crippen MR) is 77.7 cm³/mol. The van der Waals surface area contributed by atoms with Gasteiger partial charge in [0.25, 0.3) is 0 Å². The van der Waals surface area contributed by atoms with Crippen molar-refractivity contribution in [1.29, 1.82) is 0 Å². The normalized spacial score (nSPS) is 23.0. The van der Waals surface area contributed by atoms with E-state index in [2.05, 4.69) is 34.3 Å². The van der Waals surface area contributed by atoms with Crippen molar-refractivity contribution in [2.75, 3.05) is 19.3 Å². The fourth-order valence-corrected chi connectivity index (χ4v) is 2.95. The van der Waals surface area contributed by atoms with Gasteiger partial charge in [0.15, 0.2) is 0 Å². The Morgan fingerprint density at radius 2 is 1.84 bits per heavy atom. The van der Waals surface area contributed by atoms with Gasteiger partial charge in [0.05, 0.1) is 6.26 Å². The van der Waals surface area contributed by atoms with Crippen molar-refractivity contribution < 1.29 is 8.42 Å². The topological polar surface area (TPSA) is 58.2 Å². The van der Waals surface area contributed by atoms with Gasteiger partial charge in [-0.2, -0.15) is 0 Å². The second-order valence-electron chi connectivity index (χ2n) is 5.25. The molecule has 0 bridgehead atoms. The van der Waals surface area contributed by atoms with Crippen LogP contribution in [0.1, 0.15) is 30.7 Å². The van der Waals surface area contributed by atoms with E-state index < -0.39 is 10.0 Å². The fraction of sp³-hybridized carbons (Fsp3) is 0.571. The zero-order valence-corrected chi connectivity index (χ0v) is 12.1. The summed E-state index contributed by atoms with van der Waals surface area (Å²) in [5, 5.41) is 3.47. The molecule has 1 aromatic rings. The molecule has 0 unspecified atom stereocenters. The van der Waals surface area contributed by atoms with Gasteiger partial charge in [-0.25, -0.2) is 13.1 Å². The molecule has 1 fully saturated rings. The van der Waals surface area contributed by atoms with Crippen LogP contribution >= 0.6 is 0 Å². The molecule has 1 aliphatic rings. The van der Waals surface area contributed by atoms with Gasteiger partial charge in [-0.1, -0.05) is 30.3 Å². The van der Waals surface area contributed by atoms with Crippen LogP contribution in [0.15, 0.2) is 30.3 Å². The Morgan fingerprint density at radius 1 is 1.16 bits per heavy atom. The molecule has 0 radical (unpaired) electrons. The standard InChI is InChI=1S/C14H22N2O2S/c1-19(17,18)16-9-5-8-15-14-10-13(11-14)12-6-3-2-4-7-12/h2-4,6-7,13-16H,5,8-11H2,1H3. The van der Waals surface area contributed by atoms with Crippen LogP contribution < -0.4 is 10.0 Å². The Balaban J connectivity index is 1.56. The lowest BCUT2D eigenvalue weighted by Crippen LogP contribution is -2.41. The molecule has 0 atom stereocenters. The van der Waals surface area contributed by atoms with Gasteiger partial charge < -0.3 is 5.32 Å². The number of rotatable bonds is 7. The number of hydrogen-bond acceptors (Lipinski definition) is 3. The molecular weight excluding hydrogens is 260 g/mol. The van der Waals surface area contributed by atoms with Crippen LogP contribution in [0.4, 0.5) is 0 Å². The Hall–Kier alpha value is -0.910. The van der Waals surface area contributed by atoms with E-state index in [1.54, 1.807) is 0 Å². The molecule has 0 spiro atoms. The first-order valence-electron chi connectivity index (χ1n) is 6.77. The largest absolute Gasteiger partial charge is 0.314 e. The van der Waals surface area contributed by atoms with Gasteiger partial charge in [0, 0.05) is 12.6 Å². The number of hydrogen-bond donors (Lipinski definition) is 2. The summed E-state index contributed by atoms with van der Waals surface area (Å²) < 4.78 is 24.2. The van der Waals surface area contributed by atoms with E-state index in [0.717, 1.165) is 13.0 Å². The molecule has 1 aliphatic carbocycles. The Morgan fingerprint density at radius 3 is 2.47 bits per heavy atom. The minimum Gasteiger partial charge on any atom is -0.314 e. The van der Waals surface area contributed by atoms with Gasteiger partial charge in [-0.15, -0.1) is 0 Å². The maximum absolute atomic E-state index is 10.9. The first-order valence-corrected chi connectivity index (χ1v) is 8.67. The lowest BCUT2D eigenvalue weighted by atomic mass is 9.76. The highest BCUT2D eigenvalue weighted by Gasteiger charge is 2.29. The minimum atomic E-state index is -3.04. The minimum absolute atomic E-state index is 0.515. The summed E-state index contributed by atoms with van der Waals surface area (Å²) in [5.41, 5.74) is 1.43. The van der Waals surface area contributed by atoms with Crippen molar-refractivity contribution in [3.05, 3.63) is 35.9 Å². The summed E-state index contributed by atoms with van der Waals surface area (Å²) >= 11 is 0. The van der Waals surface area contributed by atoms with Gasteiger partial charge in [-0.3, -0.25) is 0 Å². The first-order chi connectivity index (χ1) is 9.04. The van der Waals surface area contributed by atoms with Crippen molar-refractivity contribution in [1.82, 2.24) is 10.0 Å². The summed E-state index contributed by atoms with van der Waals surface area (Å²) in [6, 6.07) is 11.2. The number of sulfonamides is 1. The van der Waals surface area contributed by atoms with E-state index >= 15 is 0 Å². The molecule has 0 aromatic heterocycles. The Kier molecular flexibility index (Phi) is 4.96. The quantitative estimate of drug-likeness (QED) is 0.744. The van der Waals surface area contributed by atoms with Crippen LogP contribution in [0.5, 0.6) is 0 Å². The third kappa shape index (κ3) is 4.93. The Bertz CT molecular complexity index is 481. The van der Waals surface area contributed by atoms with Crippen molar-refractivity contribution in [3.63, 3.8) is 0 Å². The van der Waals surface area contributed by atoms with Crippen LogP contribution in [-0.4, -0.2) is 33.8 Å². The molecule has 0 aliphatic heterocycles. The molecule has 0 amide bonds. The zero-order valence-electron chi connectivity index (χ0n) is 11.3. The van der Waals surface area contributed by atoms with Gasteiger partial charge >= 0.3 is 0 Å². The summed E-state index contributed by atoms with van der Waals surface area (Å²) in [6.45, 7) is 1.38. The third-order valence-corrected chi connectivity index (χ3v) is 4.29. The van der Waals surface area contributed by atoms with E-state index in [9.17, 15) is 8.42 Å². The highest BCUT2D eigenvalue weighted by atomic mass is 32.2. The monoisotopic (exact) mass is 282 g/mol. The van der Waals surface area contributed by atoms with Gasteiger partial charge in [0.2, 0.25) is 10.0 Å². The summed E-state index contributed by atoms with van der Waals surface area (Å²) in [6.07, 6.45) is 4.39. The van der Waals surface area contributed by atoms with Crippen LogP contribution in [0.25, 0.3) is 0 Å². The highest BCUT2D eigenvalue weighted by molar-refractivity contribution is 7.88. The molecule has 1 aromatic carbocycles.